The zero-order valence-electron chi connectivity index (χ0n) is 16.4. The number of thiophene rings is 1. The highest BCUT2D eigenvalue weighted by molar-refractivity contribution is 7.16. The van der Waals surface area contributed by atoms with Crippen LogP contribution in [0.2, 0.25) is 10.0 Å². The lowest BCUT2D eigenvalue weighted by molar-refractivity contribution is 0.0518. The molecule has 0 radical (unpaired) electrons. The van der Waals surface area contributed by atoms with Gasteiger partial charge in [-0.2, -0.15) is 5.10 Å². The molecule has 7 heteroatoms. The predicted octanol–water partition coefficient (Wildman–Crippen LogP) is 6.54. The molecule has 0 saturated carbocycles. The quantitative estimate of drug-likeness (QED) is 0.329. The minimum absolute atomic E-state index is 0.264. The number of nitrogens with zero attached hydrogens (tertiary/aromatic N) is 2. The molecular formula is C22H20Cl2N2O2S. The second-order valence-corrected chi connectivity index (χ2v) is 8.19. The Balaban J connectivity index is 2.17. The summed E-state index contributed by atoms with van der Waals surface area (Å²) in [5.41, 5.74) is 2.41. The lowest BCUT2D eigenvalue weighted by Gasteiger charge is -2.09. The maximum absolute atomic E-state index is 12.4. The summed E-state index contributed by atoms with van der Waals surface area (Å²) in [5, 5.41) is 5.50. The van der Waals surface area contributed by atoms with E-state index in [2.05, 4.69) is 23.9 Å². The molecule has 0 N–H and O–H groups in total. The van der Waals surface area contributed by atoms with Crippen LogP contribution >= 0.6 is 34.5 Å². The Bertz CT molecular complexity index is 1110. The van der Waals surface area contributed by atoms with Crippen molar-refractivity contribution in [2.75, 3.05) is 6.61 Å². The number of ether oxygens (including phenoxy) is 1. The van der Waals surface area contributed by atoms with E-state index >= 15 is 0 Å². The topological polar surface area (TPSA) is 44.1 Å². The molecule has 0 atom stereocenters. The molecule has 0 spiro atoms. The van der Waals surface area contributed by atoms with Crippen molar-refractivity contribution < 1.29 is 9.53 Å². The molecule has 4 nitrogen and oxygen atoms in total. The van der Waals surface area contributed by atoms with E-state index < -0.39 is 5.97 Å². The molecule has 2 heterocycles. The summed E-state index contributed by atoms with van der Waals surface area (Å²) in [6.45, 7) is 6.00. The molecule has 0 aliphatic carbocycles. The molecule has 2 aromatic heterocycles. The fourth-order valence-electron chi connectivity index (χ4n) is 2.81. The van der Waals surface area contributed by atoms with Crippen LogP contribution in [0.1, 0.15) is 47.6 Å². The third-order valence-electron chi connectivity index (χ3n) is 4.15. The number of unbranched alkanes of at least 4 members (excludes halogenated alkanes) is 1. The predicted molar refractivity (Wildman–Crippen MR) is 119 cm³/mol. The number of rotatable bonds is 5. The van der Waals surface area contributed by atoms with Gasteiger partial charge < -0.3 is 4.74 Å². The molecule has 3 rings (SSSR count). The van der Waals surface area contributed by atoms with Crippen molar-refractivity contribution in [2.45, 2.75) is 33.6 Å². The van der Waals surface area contributed by atoms with Gasteiger partial charge in [0, 0.05) is 17.0 Å². The zero-order chi connectivity index (χ0) is 21.0. The Labute approximate surface area is 184 Å². The van der Waals surface area contributed by atoms with Gasteiger partial charge in [0.25, 0.3) is 0 Å². The number of benzene rings is 1. The smallest absolute Gasteiger partial charge is 0.359 e. The van der Waals surface area contributed by atoms with Gasteiger partial charge in [0.1, 0.15) is 0 Å². The van der Waals surface area contributed by atoms with Crippen LogP contribution in [-0.2, 0) is 4.74 Å². The number of carbonyl (C=O) groups excluding carboxylic acids is 1. The zero-order valence-corrected chi connectivity index (χ0v) is 18.7. The maximum Gasteiger partial charge on any atom is 0.359 e. The molecule has 0 aliphatic rings. The van der Waals surface area contributed by atoms with E-state index in [-0.39, 0.29) is 12.3 Å². The van der Waals surface area contributed by atoms with E-state index in [1.165, 1.54) is 0 Å². The fourth-order valence-corrected chi connectivity index (χ4v) is 4.27. The molecule has 150 valence electrons. The molecule has 0 bridgehead atoms. The van der Waals surface area contributed by atoms with Crippen LogP contribution < -0.4 is 0 Å². The molecule has 0 fully saturated rings. The standard InChI is InChI=1S/C22H20Cl2N2O2S/c1-4-6-7-8-16-10-12-19(29-16)21-14(3)20(22(27)28-5-2)25-26(21)18-11-9-15(23)13-17(18)24/h9-13H,4-6H2,1-3H3. The first-order valence-electron chi connectivity index (χ1n) is 9.27. The van der Waals surface area contributed by atoms with Gasteiger partial charge >= 0.3 is 5.97 Å². The summed E-state index contributed by atoms with van der Waals surface area (Å²) in [7, 11) is 0. The molecule has 0 aliphatic heterocycles. The number of carbonyl (C=O) groups is 1. The van der Waals surface area contributed by atoms with E-state index in [4.69, 9.17) is 27.9 Å². The van der Waals surface area contributed by atoms with Crippen molar-refractivity contribution >= 4 is 40.5 Å². The first-order chi connectivity index (χ1) is 14.0. The summed E-state index contributed by atoms with van der Waals surface area (Å²) in [6, 6.07) is 9.14. The number of hydrogen-bond acceptors (Lipinski definition) is 4. The summed E-state index contributed by atoms with van der Waals surface area (Å²) in [6.07, 6.45) is 1.88. The highest BCUT2D eigenvalue weighted by atomic mass is 35.5. The van der Waals surface area contributed by atoms with Crippen molar-refractivity contribution in [1.29, 1.82) is 0 Å². The number of halogens is 2. The first-order valence-corrected chi connectivity index (χ1v) is 10.8. The van der Waals surface area contributed by atoms with Crippen LogP contribution in [0.25, 0.3) is 16.3 Å². The largest absolute Gasteiger partial charge is 0.461 e. The third-order valence-corrected chi connectivity index (χ3v) is 5.70. The maximum atomic E-state index is 12.4. The first kappa shape index (κ1) is 21.4. The Morgan fingerprint density at radius 2 is 2.03 bits per heavy atom. The summed E-state index contributed by atoms with van der Waals surface area (Å²) < 4.78 is 6.86. The monoisotopic (exact) mass is 446 g/mol. The van der Waals surface area contributed by atoms with E-state index in [9.17, 15) is 4.79 Å². The van der Waals surface area contributed by atoms with Crippen molar-refractivity contribution in [3.63, 3.8) is 0 Å². The molecule has 1 aromatic carbocycles. The van der Waals surface area contributed by atoms with Gasteiger partial charge in [0.15, 0.2) is 5.69 Å². The number of hydrogen-bond donors (Lipinski definition) is 0. The van der Waals surface area contributed by atoms with Gasteiger partial charge in [0.05, 0.1) is 32.8 Å². The average Bonchev–Trinajstić information content (AvgIpc) is 3.26. The lowest BCUT2D eigenvalue weighted by Crippen LogP contribution is -2.07. The molecule has 0 saturated heterocycles. The molecule has 3 aromatic rings. The minimum Gasteiger partial charge on any atom is -0.461 e. The SMILES string of the molecule is CCCC#Cc1ccc(-c2c(C)c(C(=O)OCC)nn2-c2ccc(Cl)cc2Cl)s1. The normalized spacial score (nSPS) is 10.5. The molecule has 29 heavy (non-hydrogen) atoms. The van der Waals surface area contributed by atoms with Gasteiger partial charge in [0.2, 0.25) is 0 Å². The van der Waals surface area contributed by atoms with E-state index in [1.54, 1.807) is 41.1 Å². The Kier molecular flexibility index (Phi) is 7.02. The van der Waals surface area contributed by atoms with Crippen molar-refractivity contribution in [2.24, 2.45) is 0 Å². The van der Waals surface area contributed by atoms with E-state index in [1.807, 2.05) is 19.1 Å². The number of aromatic nitrogens is 2. The van der Waals surface area contributed by atoms with E-state index in [0.29, 0.717) is 15.7 Å². The van der Waals surface area contributed by atoms with Gasteiger partial charge in [-0.1, -0.05) is 42.0 Å². The average molecular weight is 447 g/mol. The highest BCUT2D eigenvalue weighted by Gasteiger charge is 2.24. The molecular weight excluding hydrogens is 427 g/mol. The van der Waals surface area contributed by atoms with Crippen molar-refractivity contribution in [1.82, 2.24) is 9.78 Å². The van der Waals surface area contributed by atoms with Crippen molar-refractivity contribution in [3.8, 4) is 28.1 Å². The van der Waals surface area contributed by atoms with Gasteiger partial charge in [-0.05, 0) is 50.6 Å². The summed E-state index contributed by atoms with van der Waals surface area (Å²) in [5.74, 6) is 5.88. The van der Waals surface area contributed by atoms with Crippen LogP contribution in [0.5, 0.6) is 0 Å². The van der Waals surface area contributed by atoms with E-state index in [0.717, 1.165) is 33.9 Å². The molecule has 0 amide bonds. The highest BCUT2D eigenvalue weighted by Crippen LogP contribution is 2.36. The summed E-state index contributed by atoms with van der Waals surface area (Å²) >= 11 is 14.0. The Morgan fingerprint density at radius 3 is 2.72 bits per heavy atom. The Morgan fingerprint density at radius 1 is 1.24 bits per heavy atom. The van der Waals surface area contributed by atoms with Crippen LogP contribution in [0, 0.1) is 18.8 Å². The third kappa shape index (κ3) is 4.67. The Hall–Kier alpha value is -2.26. The minimum atomic E-state index is -0.463. The fraction of sp³-hybridized carbons (Fsp3) is 0.273. The summed E-state index contributed by atoms with van der Waals surface area (Å²) in [4.78, 5) is 14.3. The van der Waals surface area contributed by atoms with Crippen LogP contribution in [0.15, 0.2) is 30.3 Å². The number of esters is 1. The molecule has 0 unspecified atom stereocenters. The van der Waals surface area contributed by atoms with Gasteiger partial charge in [-0.15, -0.1) is 11.3 Å². The van der Waals surface area contributed by atoms with Crippen LogP contribution in [0.3, 0.4) is 0 Å². The van der Waals surface area contributed by atoms with Crippen LogP contribution in [-0.4, -0.2) is 22.4 Å². The second-order valence-electron chi connectivity index (χ2n) is 6.27. The van der Waals surface area contributed by atoms with Crippen molar-refractivity contribution in [3.05, 3.63) is 56.5 Å². The lowest BCUT2D eigenvalue weighted by atomic mass is 10.1. The van der Waals surface area contributed by atoms with Gasteiger partial charge in [-0.25, -0.2) is 9.48 Å². The second kappa shape index (κ2) is 9.49. The van der Waals surface area contributed by atoms with Gasteiger partial charge in [-0.3, -0.25) is 0 Å². The van der Waals surface area contributed by atoms with Crippen LogP contribution in [0.4, 0.5) is 0 Å².